The van der Waals surface area contributed by atoms with Gasteiger partial charge in [-0.05, 0) is 19.0 Å². The van der Waals surface area contributed by atoms with E-state index in [1.807, 2.05) is 0 Å². The van der Waals surface area contributed by atoms with E-state index in [-0.39, 0.29) is 12.1 Å². The molecule has 0 aromatic carbocycles. The van der Waals surface area contributed by atoms with Crippen LogP contribution >= 0.6 is 0 Å². The number of halogens is 2. The highest BCUT2D eigenvalue weighted by molar-refractivity contribution is 5.82. The summed E-state index contributed by atoms with van der Waals surface area (Å²) in [6.45, 7) is 3.90. The third-order valence-corrected chi connectivity index (χ3v) is 2.20. The lowest BCUT2D eigenvalue weighted by molar-refractivity contribution is 0.249. The molecule has 0 aliphatic carbocycles. The summed E-state index contributed by atoms with van der Waals surface area (Å²) in [6.07, 6.45) is 2.79. The number of aliphatic imine (C=N–C) groups is 1. The zero-order valence-corrected chi connectivity index (χ0v) is 8.19. The van der Waals surface area contributed by atoms with E-state index in [9.17, 15) is 8.78 Å². The number of nitrogens with one attached hydrogen (secondary N) is 1. The van der Waals surface area contributed by atoms with E-state index in [4.69, 9.17) is 0 Å². The SMILES string of the molecule is C=C(F)C=C(C=NC)C1(F)CCNC1. The average molecular weight is 200 g/mol. The van der Waals surface area contributed by atoms with Crippen LogP contribution in [0.3, 0.4) is 0 Å². The zero-order valence-electron chi connectivity index (χ0n) is 8.19. The van der Waals surface area contributed by atoms with E-state index in [0.717, 1.165) is 6.08 Å². The van der Waals surface area contributed by atoms with Gasteiger partial charge in [0, 0.05) is 25.4 Å². The van der Waals surface area contributed by atoms with Gasteiger partial charge in [0.2, 0.25) is 0 Å². The van der Waals surface area contributed by atoms with Crippen LogP contribution in [0.15, 0.2) is 29.0 Å². The maximum absolute atomic E-state index is 14.1. The van der Waals surface area contributed by atoms with Gasteiger partial charge in [-0.1, -0.05) is 6.58 Å². The molecule has 1 heterocycles. The second-order valence-electron chi connectivity index (χ2n) is 3.33. The normalized spacial score (nSPS) is 28.6. The smallest absolute Gasteiger partial charge is 0.151 e. The van der Waals surface area contributed by atoms with Crippen LogP contribution in [0, 0.1) is 0 Å². The molecule has 0 amide bonds. The number of rotatable bonds is 3. The van der Waals surface area contributed by atoms with Crippen LogP contribution in [0.5, 0.6) is 0 Å². The van der Waals surface area contributed by atoms with Gasteiger partial charge in [0.1, 0.15) is 5.83 Å². The van der Waals surface area contributed by atoms with Crippen molar-refractivity contribution in [1.82, 2.24) is 5.32 Å². The number of allylic oxidation sites excluding steroid dienone is 2. The van der Waals surface area contributed by atoms with Crippen LogP contribution in [-0.2, 0) is 0 Å². The second-order valence-corrected chi connectivity index (χ2v) is 3.33. The van der Waals surface area contributed by atoms with E-state index >= 15 is 0 Å². The molecule has 0 radical (unpaired) electrons. The van der Waals surface area contributed by atoms with Crippen molar-refractivity contribution in [3.63, 3.8) is 0 Å². The molecule has 0 spiro atoms. The molecule has 1 rings (SSSR count). The lowest BCUT2D eigenvalue weighted by Crippen LogP contribution is -2.29. The molecule has 0 saturated carbocycles. The van der Waals surface area contributed by atoms with Crippen LogP contribution in [0.2, 0.25) is 0 Å². The van der Waals surface area contributed by atoms with Crippen LogP contribution in [0.25, 0.3) is 0 Å². The van der Waals surface area contributed by atoms with Gasteiger partial charge in [-0.3, -0.25) is 4.99 Å². The first-order valence-corrected chi connectivity index (χ1v) is 4.47. The number of hydrogen-bond donors (Lipinski definition) is 1. The molecule has 1 saturated heterocycles. The van der Waals surface area contributed by atoms with Gasteiger partial charge in [0.25, 0.3) is 0 Å². The second kappa shape index (κ2) is 4.46. The molecule has 2 nitrogen and oxygen atoms in total. The minimum Gasteiger partial charge on any atom is -0.313 e. The number of hydrogen-bond acceptors (Lipinski definition) is 2. The lowest BCUT2D eigenvalue weighted by atomic mass is 9.95. The van der Waals surface area contributed by atoms with Crippen LogP contribution in [0.4, 0.5) is 8.78 Å². The van der Waals surface area contributed by atoms with Crippen LogP contribution < -0.4 is 5.32 Å². The maximum Gasteiger partial charge on any atom is 0.151 e. The van der Waals surface area contributed by atoms with Crippen molar-refractivity contribution < 1.29 is 8.78 Å². The molecular weight excluding hydrogens is 186 g/mol. The fourth-order valence-corrected chi connectivity index (χ4v) is 1.50. The minimum absolute atomic E-state index is 0.206. The van der Waals surface area contributed by atoms with Gasteiger partial charge in [-0.25, -0.2) is 8.78 Å². The van der Waals surface area contributed by atoms with E-state index in [1.54, 1.807) is 0 Å². The molecule has 0 aromatic rings. The van der Waals surface area contributed by atoms with E-state index < -0.39 is 11.5 Å². The molecule has 0 bridgehead atoms. The molecule has 1 unspecified atom stereocenters. The molecule has 0 aromatic heterocycles. The molecule has 1 fully saturated rings. The van der Waals surface area contributed by atoms with Crippen molar-refractivity contribution in [2.75, 3.05) is 20.1 Å². The largest absolute Gasteiger partial charge is 0.313 e. The summed E-state index contributed by atoms with van der Waals surface area (Å²) < 4.78 is 26.7. The van der Waals surface area contributed by atoms with Gasteiger partial charge in [0.15, 0.2) is 5.67 Å². The first-order valence-electron chi connectivity index (χ1n) is 4.47. The molecule has 4 heteroatoms. The quantitative estimate of drug-likeness (QED) is 0.545. The molecule has 14 heavy (non-hydrogen) atoms. The summed E-state index contributed by atoms with van der Waals surface area (Å²) in [5.41, 5.74) is -1.26. The predicted molar refractivity (Wildman–Crippen MR) is 54.1 cm³/mol. The summed E-state index contributed by atoms with van der Waals surface area (Å²) in [6, 6.07) is 0. The van der Waals surface area contributed by atoms with Crippen molar-refractivity contribution in [1.29, 1.82) is 0 Å². The Kier molecular flexibility index (Phi) is 3.52. The minimum atomic E-state index is -1.51. The fraction of sp³-hybridized carbons (Fsp3) is 0.500. The molecular formula is C10H14F2N2. The topological polar surface area (TPSA) is 24.4 Å². The average Bonchev–Trinajstić information content (AvgIpc) is 2.52. The van der Waals surface area contributed by atoms with Crippen molar-refractivity contribution in [2.24, 2.45) is 4.99 Å². The van der Waals surface area contributed by atoms with Crippen LogP contribution in [-0.4, -0.2) is 32.0 Å². The Morgan fingerprint density at radius 1 is 1.64 bits per heavy atom. The highest BCUT2D eigenvalue weighted by atomic mass is 19.1. The van der Waals surface area contributed by atoms with E-state index in [0.29, 0.717) is 13.0 Å². The summed E-state index contributed by atoms with van der Waals surface area (Å²) in [4.78, 5) is 3.71. The van der Waals surface area contributed by atoms with Crippen molar-refractivity contribution in [3.8, 4) is 0 Å². The fourth-order valence-electron chi connectivity index (χ4n) is 1.50. The molecule has 1 aliphatic heterocycles. The summed E-state index contributed by atoms with van der Waals surface area (Å²) in [7, 11) is 1.53. The molecule has 1 atom stereocenters. The maximum atomic E-state index is 14.1. The first-order chi connectivity index (χ1) is 6.58. The van der Waals surface area contributed by atoms with Crippen molar-refractivity contribution in [2.45, 2.75) is 12.1 Å². The standard InChI is InChI=1S/C10H14F2N2/c1-8(11)5-9(6-13-2)10(12)3-4-14-7-10/h5-6,14H,1,3-4,7H2,2H3. The zero-order chi connectivity index (χ0) is 10.6. The third kappa shape index (κ3) is 2.48. The summed E-state index contributed by atoms with van der Waals surface area (Å²) in [5, 5.41) is 2.90. The number of nitrogens with zero attached hydrogens (tertiary/aromatic N) is 1. The lowest BCUT2D eigenvalue weighted by Gasteiger charge is -2.18. The monoisotopic (exact) mass is 200 g/mol. The molecule has 78 valence electrons. The van der Waals surface area contributed by atoms with Gasteiger partial charge in [-0.15, -0.1) is 0 Å². The Morgan fingerprint density at radius 2 is 2.36 bits per heavy atom. The van der Waals surface area contributed by atoms with E-state index in [2.05, 4.69) is 16.9 Å². The molecule has 1 N–H and O–H groups in total. The summed E-state index contributed by atoms with van der Waals surface area (Å²) >= 11 is 0. The highest BCUT2D eigenvalue weighted by Gasteiger charge is 2.36. The predicted octanol–water partition coefficient (Wildman–Crippen LogP) is 1.80. The van der Waals surface area contributed by atoms with Crippen LogP contribution in [0.1, 0.15) is 6.42 Å². The van der Waals surface area contributed by atoms with Crippen molar-refractivity contribution in [3.05, 3.63) is 24.1 Å². The Balaban J connectivity index is 2.92. The first kappa shape index (κ1) is 11.0. The Morgan fingerprint density at radius 3 is 2.79 bits per heavy atom. The number of alkyl halides is 1. The van der Waals surface area contributed by atoms with Gasteiger partial charge in [-0.2, -0.15) is 0 Å². The third-order valence-electron chi connectivity index (χ3n) is 2.20. The van der Waals surface area contributed by atoms with Crippen molar-refractivity contribution >= 4 is 6.21 Å². The van der Waals surface area contributed by atoms with E-state index in [1.165, 1.54) is 13.3 Å². The Hall–Kier alpha value is -1.03. The van der Waals surface area contributed by atoms with Gasteiger partial charge in [0.05, 0.1) is 0 Å². The molecule has 1 aliphatic rings. The van der Waals surface area contributed by atoms with Gasteiger partial charge >= 0.3 is 0 Å². The van der Waals surface area contributed by atoms with Gasteiger partial charge < -0.3 is 5.32 Å². The Bertz CT molecular complexity index is 276. The highest BCUT2D eigenvalue weighted by Crippen LogP contribution is 2.28. The summed E-state index contributed by atoms with van der Waals surface area (Å²) in [5.74, 6) is -0.649. The Labute approximate surface area is 82.4 Å².